The van der Waals surface area contributed by atoms with Gasteiger partial charge in [0.05, 0.1) is 0 Å². The Labute approximate surface area is 106 Å². The minimum absolute atomic E-state index is 0.282. The lowest BCUT2D eigenvalue weighted by Gasteiger charge is -2.19. The van der Waals surface area contributed by atoms with Gasteiger partial charge in [0.2, 0.25) is 0 Å². The highest BCUT2D eigenvalue weighted by Crippen LogP contribution is 2.13. The van der Waals surface area contributed by atoms with Crippen molar-refractivity contribution in [2.24, 2.45) is 0 Å². The monoisotopic (exact) mass is 287 g/mol. The van der Waals surface area contributed by atoms with Crippen LogP contribution in [-0.2, 0) is 6.42 Å². The van der Waals surface area contributed by atoms with Crippen LogP contribution in [0.5, 0.6) is 0 Å². The Balaban J connectivity index is 2.43. The Kier molecular flexibility index (Phi) is 4.93. The van der Waals surface area contributed by atoms with Crippen molar-refractivity contribution < 1.29 is 4.39 Å². The fraction of sp³-hybridized carbons (Fsp3) is 0.538. The van der Waals surface area contributed by atoms with Crippen molar-refractivity contribution in [3.05, 3.63) is 34.3 Å². The number of hydrogen-bond acceptors (Lipinski definition) is 1. The van der Waals surface area contributed by atoms with E-state index in [0.717, 1.165) is 10.9 Å². The Morgan fingerprint density at radius 2 is 2.12 bits per heavy atom. The molecule has 1 aromatic rings. The van der Waals surface area contributed by atoms with Crippen molar-refractivity contribution in [3.8, 4) is 0 Å². The molecule has 90 valence electrons. The van der Waals surface area contributed by atoms with Gasteiger partial charge in [0, 0.05) is 17.1 Å². The molecule has 1 rings (SSSR count). The van der Waals surface area contributed by atoms with Gasteiger partial charge < -0.3 is 5.32 Å². The molecule has 3 heteroatoms. The predicted octanol–water partition coefficient (Wildman–Crippen LogP) is 3.72. The molecule has 0 saturated carbocycles. The molecule has 1 N–H and O–H groups in total. The van der Waals surface area contributed by atoms with Crippen LogP contribution < -0.4 is 5.32 Å². The van der Waals surface area contributed by atoms with Crippen LogP contribution in [0.25, 0.3) is 0 Å². The highest BCUT2D eigenvalue weighted by molar-refractivity contribution is 9.10. The fourth-order valence-electron chi connectivity index (χ4n) is 1.51. The van der Waals surface area contributed by atoms with Gasteiger partial charge in [0.25, 0.3) is 0 Å². The van der Waals surface area contributed by atoms with Gasteiger partial charge in [0.15, 0.2) is 0 Å². The molecular formula is C13H19BrFN. The van der Waals surface area contributed by atoms with E-state index in [1.807, 2.05) is 12.1 Å². The van der Waals surface area contributed by atoms with Gasteiger partial charge in [-0.25, -0.2) is 4.39 Å². The van der Waals surface area contributed by atoms with E-state index >= 15 is 0 Å². The normalized spacial score (nSPS) is 13.8. The molecule has 0 aliphatic rings. The lowest BCUT2D eigenvalue weighted by atomic mass is 10.1. The lowest BCUT2D eigenvalue weighted by molar-refractivity contribution is 0.204. The number of alkyl halides is 1. The average molecular weight is 288 g/mol. The zero-order valence-corrected chi connectivity index (χ0v) is 11.6. The summed E-state index contributed by atoms with van der Waals surface area (Å²) in [4.78, 5) is 0. The van der Waals surface area contributed by atoms with Gasteiger partial charge in [-0.15, -0.1) is 0 Å². The Hall–Kier alpha value is -0.410. The molecule has 0 fully saturated rings. The number of halogens is 2. The van der Waals surface area contributed by atoms with Crippen LogP contribution in [0.15, 0.2) is 28.7 Å². The predicted molar refractivity (Wildman–Crippen MR) is 70.5 cm³/mol. The second-order valence-corrected chi connectivity index (χ2v) is 5.75. The Bertz CT molecular complexity index is 333. The van der Waals surface area contributed by atoms with Crippen LogP contribution in [0.2, 0.25) is 0 Å². The molecule has 1 atom stereocenters. The van der Waals surface area contributed by atoms with Crippen molar-refractivity contribution in [1.82, 2.24) is 5.32 Å². The van der Waals surface area contributed by atoms with Crippen LogP contribution in [0.1, 0.15) is 26.3 Å². The summed E-state index contributed by atoms with van der Waals surface area (Å²) in [6.07, 6.45) is 0.912. The molecule has 0 unspecified atom stereocenters. The standard InChI is InChI=1S/C13H19BrFN/c1-10(16-9-13(2,3)15)7-11-5-4-6-12(14)8-11/h4-6,8,10,16H,7,9H2,1-3H3/t10-/m1/s1. The number of hydrogen-bond donors (Lipinski definition) is 1. The molecule has 0 heterocycles. The first-order chi connectivity index (χ1) is 7.37. The molecule has 16 heavy (non-hydrogen) atoms. The van der Waals surface area contributed by atoms with E-state index in [1.54, 1.807) is 13.8 Å². The van der Waals surface area contributed by atoms with Crippen molar-refractivity contribution in [2.75, 3.05) is 6.54 Å². The maximum atomic E-state index is 13.3. The minimum atomic E-state index is -1.15. The number of rotatable bonds is 5. The number of benzene rings is 1. The summed E-state index contributed by atoms with van der Waals surface area (Å²) in [6, 6.07) is 8.49. The first-order valence-corrected chi connectivity index (χ1v) is 6.33. The van der Waals surface area contributed by atoms with Gasteiger partial charge in [-0.1, -0.05) is 28.1 Å². The molecule has 0 radical (unpaired) electrons. The summed E-state index contributed by atoms with van der Waals surface area (Å²) in [5.41, 5.74) is 0.108. The third-order valence-corrected chi connectivity index (χ3v) is 2.80. The highest BCUT2D eigenvalue weighted by Gasteiger charge is 2.16. The highest BCUT2D eigenvalue weighted by atomic mass is 79.9. The molecule has 0 bridgehead atoms. The zero-order valence-electron chi connectivity index (χ0n) is 10.1. The smallest absolute Gasteiger partial charge is 0.117 e. The maximum absolute atomic E-state index is 13.3. The summed E-state index contributed by atoms with van der Waals surface area (Å²) in [5.74, 6) is 0. The summed E-state index contributed by atoms with van der Waals surface area (Å²) in [6.45, 7) is 5.65. The van der Waals surface area contributed by atoms with Crippen LogP contribution in [-0.4, -0.2) is 18.3 Å². The summed E-state index contributed by atoms with van der Waals surface area (Å²) < 4.78 is 14.4. The SMILES string of the molecule is C[C@H](Cc1cccc(Br)c1)NCC(C)(C)F. The van der Waals surface area contributed by atoms with Crippen LogP contribution in [0.4, 0.5) is 4.39 Å². The zero-order chi connectivity index (χ0) is 12.2. The maximum Gasteiger partial charge on any atom is 0.117 e. The van der Waals surface area contributed by atoms with Gasteiger partial charge in [0.1, 0.15) is 5.67 Å². The van der Waals surface area contributed by atoms with Crippen molar-refractivity contribution in [1.29, 1.82) is 0 Å². The molecule has 0 saturated heterocycles. The van der Waals surface area contributed by atoms with E-state index < -0.39 is 5.67 Å². The van der Waals surface area contributed by atoms with E-state index in [-0.39, 0.29) is 6.04 Å². The first kappa shape index (κ1) is 13.7. The second kappa shape index (κ2) is 5.78. The molecule has 0 aliphatic carbocycles. The van der Waals surface area contributed by atoms with Crippen LogP contribution >= 0.6 is 15.9 Å². The van der Waals surface area contributed by atoms with Crippen LogP contribution in [0, 0.1) is 0 Å². The van der Waals surface area contributed by atoms with Crippen molar-refractivity contribution in [2.45, 2.75) is 38.9 Å². The summed E-state index contributed by atoms with van der Waals surface area (Å²) in [5, 5.41) is 3.20. The number of nitrogens with one attached hydrogen (secondary N) is 1. The van der Waals surface area contributed by atoms with Gasteiger partial charge in [-0.05, 0) is 44.9 Å². The average Bonchev–Trinajstić information content (AvgIpc) is 2.14. The van der Waals surface area contributed by atoms with E-state index in [1.165, 1.54) is 5.56 Å². The first-order valence-electron chi connectivity index (χ1n) is 5.53. The van der Waals surface area contributed by atoms with E-state index in [9.17, 15) is 4.39 Å². The molecule has 1 nitrogen and oxygen atoms in total. The Morgan fingerprint density at radius 1 is 1.44 bits per heavy atom. The molecule has 0 aliphatic heterocycles. The fourth-order valence-corrected chi connectivity index (χ4v) is 1.95. The molecular weight excluding hydrogens is 269 g/mol. The van der Waals surface area contributed by atoms with E-state index in [0.29, 0.717) is 6.54 Å². The van der Waals surface area contributed by atoms with Gasteiger partial charge in [-0.2, -0.15) is 0 Å². The van der Waals surface area contributed by atoms with Gasteiger partial charge >= 0.3 is 0 Å². The third-order valence-electron chi connectivity index (χ3n) is 2.30. The van der Waals surface area contributed by atoms with Crippen molar-refractivity contribution in [3.63, 3.8) is 0 Å². The molecule has 1 aromatic carbocycles. The topological polar surface area (TPSA) is 12.0 Å². The Morgan fingerprint density at radius 3 is 2.69 bits per heavy atom. The quantitative estimate of drug-likeness (QED) is 0.870. The van der Waals surface area contributed by atoms with E-state index in [4.69, 9.17) is 0 Å². The second-order valence-electron chi connectivity index (χ2n) is 4.83. The third kappa shape index (κ3) is 5.61. The van der Waals surface area contributed by atoms with Crippen molar-refractivity contribution >= 4 is 15.9 Å². The molecule has 0 aromatic heterocycles. The molecule has 0 amide bonds. The largest absolute Gasteiger partial charge is 0.311 e. The minimum Gasteiger partial charge on any atom is -0.311 e. The van der Waals surface area contributed by atoms with E-state index in [2.05, 4.69) is 40.3 Å². The van der Waals surface area contributed by atoms with Gasteiger partial charge in [-0.3, -0.25) is 0 Å². The summed E-state index contributed by atoms with van der Waals surface area (Å²) in [7, 11) is 0. The summed E-state index contributed by atoms with van der Waals surface area (Å²) >= 11 is 3.44. The molecule has 0 spiro atoms. The van der Waals surface area contributed by atoms with Crippen LogP contribution in [0.3, 0.4) is 0 Å². The lowest BCUT2D eigenvalue weighted by Crippen LogP contribution is -2.37.